The Balaban J connectivity index is 1.85. The molecular weight excluding hydrogens is 424 g/mol. The molecule has 2 N–H and O–H groups in total. The van der Waals surface area contributed by atoms with Crippen LogP contribution in [0.1, 0.15) is 12.2 Å². The second-order valence-corrected chi connectivity index (χ2v) is 9.51. The number of hydrogen-bond donors (Lipinski definition) is 2. The first-order valence-corrected chi connectivity index (χ1v) is 11.3. The number of rotatable bonds is 6. The van der Waals surface area contributed by atoms with E-state index >= 15 is 0 Å². The molecule has 29 heavy (non-hydrogen) atoms. The highest BCUT2D eigenvalue weighted by Crippen LogP contribution is 2.27. The van der Waals surface area contributed by atoms with E-state index in [1.165, 1.54) is 36.5 Å². The molecule has 1 saturated heterocycles. The molecule has 1 aromatic carbocycles. The summed E-state index contributed by atoms with van der Waals surface area (Å²) in [5, 5.41) is 2.16. The second kappa shape index (κ2) is 7.88. The molecule has 0 unspecified atom stereocenters. The molecular formula is C15H18N6O6S2. The quantitative estimate of drug-likeness (QED) is 0.632. The zero-order valence-corrected chi connectivity index (χ0v) is 17.1. The van der Waals surface area contributed by atoms with Gasteiger partial charge in [-0.2, -0.15) is 19.3 Å². The van der Waals surface area contributed by atoms with Gasteiger partial charge in [0.15, 0.2) is 0 Å². The first kappa shape index (κ1) is 20.9. The molecule has 1 aliphatic rings. The average molecular weight is 442 g/mol. The molecule has 0 saturated carbocycles. The molecule has 2 amide bonds. The summed E-state index contributed by atoms with van der Waals surface area (Å²) < 4.78 is 58.5. The van der Waals surface area contributed by atoms with E-state index in [-0.39, 0.29) is 17.8 Å². The number of nitrogens with one attached hydrogen (secondary N) is 2. The molecule has 2 aromatic rings. The number of methoxy groups -OCH3 is 1. The number of ether oxygens (including phenoxy) is 1. The van der Waals surface area contributed by atoms with Crippen molar-refractivity contribution in [2.75, 3.05) is 25.5 Å². The summed E-state index contributed by atoms with van der Waals surface area (Å²) in [6.07, 6.45) is 0.698. The number of urea groups is 1. The smallest absolute Gasteiger partial charge is 0.335 e. The van der Waals surface area contributed by atoms with Crippen molar-refractivity contribution >= 4 is 32.0 Å². The number of anilines is 1. The van der Waals surface area contributed by atoms with E-state index < -0.39 is 35.9 Å². The van der Waals surface area contributed by atoms with Gasteiger partial charge in [-0.25, -0.2) is 26.4 Å². The number of aryl methyl sites for hydroxylation is 1. The van der Waals surface area contributed by atoms with Crippen molar-refractivity contribution < 1.29 is 26.4 Å². The highest BCUT2D eigenvalue weighted by molar-refractivity contribution is 7.92. The van der Waals surface area contributed by atoms with Crippen molar-refractivity contribution in [2.45, 2.75) is 23.1 Å². The Kier molecular flexibility index (Phi) is 5.68. The number of benzene rings is 1. The van der Waals surface area contributed by atoms with E-state index in [0.717, 1.165) is 6.07 Å². The zero-order chi connectivity index (χ0) is 21.2. The Labute approximate surface area is 167 Å². The third-order valence-electron chi connectivity index (χ3n) is 3.93. The molecule has 1 aliphatic heterocycles. The van der Waals surface area contributed by atoms with Crippen LogP contribution in [0.4, 0.5) is 10.7 Å². The Morgan fingerprint density at radius 2 is 1.72 bits per heavy atom. The molecule has 0 atom stereocenters. The largest absolute Gasteiger partial charge is 0.467 e. The van der Waals surface area contributed by atoms with Gasteiger partial charge in [0.2, 0.25) is 16.0 Å². The Bertz CT molecular complexity index is 1150. The molecule has 1 aromatic heterocycles. The van der Waals surface area contributed by atoms with Crippen LogP contribution in [0, 0.1) is 6.92 Å². The Morgan fingerprint density at radius 3 is 2.31 bits per heavy atom. The first-order valence-electron chi connectivity index (χ1n) is 8.33. The van der Waals surface area contributed by atoms with Crippen molar-refractivity contribution in [2.24, 2.45) is 0 Å². The van der Waals surface area contributed by atoms with Crippen LogP contribution < -0.4 is 14.8 Å². The topological polar surface area (TPSA) is 161 Å². The Hall–Kier alpha value is -2.84. The molecule has 14 heteroatoms. The summed E-state index contributed by atoms with van der Waals surface area (Å²) in [6.45, 7) is 2.15. The van der Waals surface area contributed by atoms with Crippen LogP contribution >= 0.6 is 0 Å². The Morgan fingerprint density at radius 1 is 1.07 bits per heavy atom. The molecule has 156 valence electrons. The zero-order valence-electron chi connectivity index (χ0n) is 15.5. The molecule has 1 fully saturated rings. The van der Waals surface area contributed by atoms with E-state index in [9.17, 15) is 21.6 Å². The number of aromatic nitrogens is 3. The van der Waals surface area contributed by atoms with Crippen LogP contribution in [0.25, 0.3) is 0 Å². The monoisotopic (exact) mass is 442 g/mol. The van der Waals surface area contributed by atoms with Crippen molar-refractivity contribution in [3.8, 4) is 6.01 Å². The molecule has 2 heterocycles. The maximum atomic E-state index is 12.7. The standard InChI is InChI=1S/C15H18N6O6S2/c1-10-16-13(19-15(17-10)27-2)18-14(22)20-28(23,24)11-6-3-4-7-12(11)29(25,26)21-8-5-9-21/h3-4,6-7H,5,8-9H2,1-2H3,(H2,16,17,18,19,20,22). The number of sulfonamides is 2. The van der Waals surface area contributed by atoms with Gasteiger partial charge in [0, 0.05) is 13.1 Å². The van der Waals surface area contributed by atoms with Gasteiger partial charge in [-0.3, -0.25) is 5.32 Å². The first-order chi connectivity index (χ1) is 13.6. The summed E-state index contributed by atoms with van der Waals surface area (Å²) in [7, 11) is -7.18. The van der Waals surface area contributed by atoms with Crippen molar-refractivity contribution in [3.63, 3.8) is 0 Å². The van der Waals surface area contributed by atoms with Gasteiger partial charge in [-0.1, -0.05) is 12.1 Å². The van der Waals surface area contributed by atoms with Gasteiger partial charge < -0.3 is 4.74 Å². The van der Waals surface area contributed by atoms with Crippen molar-refractivity contribution in [3.05, 3.63) is 30.1 Å². The normalized spacial score (nSPS) is 14.7. The van der Waals surface area contributed by atoms with Crippen LogP contribution in [-0.4, -0.2) is 62.3 Å². The van der Waals surface area contributed by atoms with Gasteiger partial charge in [-0.05, 0) is 25.5 Å². The lowest BCUT2D eigenvalue weighted by atomic mass is 10.3. The minimum absolute atomic E-state index is 0.0679. The van der Waals surface area contributed by atoms with Gasteiger partial charge >= 0.3 is 12.0 Å². The fourth-order valence-corrected chi connectivity index (χ4v) is 5.69. The highest BCUT2D eigenvalue weighted by atomic mass is 32.2. The lowest BCUT2D eigenvalue weighted by Gasteiger charge is -2.30. The molecule has 3 rings (SSSR count). The van der Waals surface area contributed by atoms with Crippen LogP contribution in [0.3, 0.4) is 0 Å². The van der Waals surface area contributed by atoms with E-state index in [1.807, 2.05) is 0 Å². The number of amides is 2. The van der Waals surface area contributed by atoms with Gasteiger partial charge in [0.05, 0.1) is 7.11 Å². The van der Waals surface area contributed by atoms with Gasteiger partial charge in [-0.15, -0.1) is 0 Å². The van der Waals surface area contributed by atoms with Crippen LogP contribution in [-0.2, 0) is 20.0 Å². The number of hydrogen-bond acceptors (Lipinski definition) is 9. The number of nitrogens with zero attached hydrogens (tertiary/aromatic N) is 4. The molecule has 0 radical (unpaired) electrons. The fraction of sp³-hybridized carbons (Fsp3) is 0.333. The molecule has 0 spiro atoms. The molecule has 12 nitrogen and oxygen atoms in total. The fourth-order valence-electron chi connectivity index (χ4n) is 2.46. The van der Waals surface area contributed by atoms with E-state index in [1.54, 1.807) is 4.72 Å². The minimum Gasteiger partial charge on any atom is -0.467 e. The van der Waals surface area contributed by atoms with Gasteiger partial charge in [0.1, 0.15) is 15.6 Å². The third-order valence-corrected chi connectivity index (χ3v) is 7.41. The summed E-state index contributed by atoms with van der Waals surface area (Å²) in [5.41, 5.74) is 0. The third kappa shape index (κ3) is 4.44. The predicted octanol–water partition coefficient (Wildman–Crippen LogP) is 0.0934. The van der Waals surface area contributed by atoms with E-state index in [0.29, 0.717) is 19.5 Å². The maximum absolute atomic E-state index is 12.7. The van der Waals surface area contributed by atoms with E-state index in [4.69, 9.17) is 4.74 Å². The summed E-state index contributed by atoms with van der Waals surface area (Å²) in [5.74, 6) is 0.00419. The van der Waals surface area contributed by atoms with Crippen molar-refractivity contribution in [1.82, 2.24) is 24.0 Å². The lowest BCUT2D eigenvalue weighted by molar-refractivity contribution is 0.256. The van der Waals surface area contributed by atoms with Crippen molar-refractivity contribution in [1.29, 1.82) is 0 Å². The van der Waals surface area contributed by atoms with E-state index in [2.05, 4.69) is 20.3 Å². The van der Waals surface area contributed by atoms with Crippen LogP contribution in [0.5, 0.6) is 6.01 Å². The highest BCUT2D eigenvalue weighted by Gasteiger charge is 2.34. The number of carbonyl (C=O) groups excluding carboxylic acids is 1. The SMILES string of the molecule is COc1nc(C)nc(NC(=O)NS(=O)(=O)c2ccccc2S(=O)(=O)N2CCC2)n1. The lowest BCUT2D eigenvalue weighted by Crippen LogP contribution is -2.43. The van der Waals surface area contributed by atoms with Crippen LogP contribution in [0.15, 0.2) is 34.1 Å². The summed E-state index contributed by atoms with van der Waals surface area (Å²) in [6, 6.07) is 3.82. The molecule has 0 bridgehead atoms. The average Bonchev–Trinajstić information content (AvgIpc) is 2.58. The second-order valence-electron chi connectivity index (χ2n) is 5.96. The summed E-state index contributed by atoms with van der Waals surface area (Å²) >= 11 is 0. The van der Waals surface area contributed by atoms with Crippen LogP contribution in [0.2, 0.25) is 0 Å². The predicted molar refractivity (Wildman–Crippen MR) is 100 cm³/mol. The summed E-state index contributed by atoms with van der Waals surface area (Å²) in [4.78, 5) is 22.7. The maximum Gasteiger partial charge on any atom is 0.335 e. The number of carbonyl (C=O) groups is 1. The van der Waals surface area contributed by atoms with Gasteiger partial charge in [0.25, 0.3) is 10.0 Å². The molecule has 0 aliphatic carbocycles. The minimum atomic E-state index is -4.51.